The second kappa shape index (κ2) is 13.3. The van der Waals surface area contributed by atoms with Gasteiger partial charge in [0.1, 0.15) is 0 Å². The van der Waals surface area contributed by atoms with Crippen molar-refractivity contribution < 1.29 is 44.9 Å². The van der Waals surface area contributed by atoms with Gasteiger partial charge in [-0.2, -0.15) is 13.2 Å². The molecule has 0 aliphatic carbocycles. The Morgan fingerprint density at radius 3 is 2.00 bits per heavy atom. The quantitative estimate of drug-likeness (QED) is 0.145. The van der Waals surface area contributed by atoms with Gasteiger partial charge < -0.3 is 9.84 Å². The molecule has 0 aromatic rings. The Kier molecular flexibility index (Phi) is 13.9. The fraction of sp³-hybridized carbons (Fsp3) is 0.733. The molecule has 1 radical (unpaired) electrons. The summed E-state index contributed by atoms with van der Waals surface area (Å²) in [7, 11) is 0. The number of alkyl halides is 3. The van der Waals surface area contributed by atoms with Gasteiger partial charge in [0, 0.05) is 17.1 Å². The Labute approximate surface area is 145 Å². The summed E-state index contributed by atoms with van der Waals surface area (Å²) >= 11 is 0. The number of hydrogen-bond acceptors (Lipinski definition) is 3. The van der Waals surface area contributed by atoms with Crippen molar-refractivity contribution >= 4 is 5.97 Å². The van der Waals surface area contributed by atoms with Crippen LogP contribution in [0.4, 0.5) is 13.2 Å². The summed E-state index contributed by atoms with van der Waals surface area (Å²) in [6.07, 6.45) is 3.00. The van der Waals surface area contributed by atoms with E-state index in [1.54, 1.807) is 0 Å². The zero-order chi connectivity index (χ0) is 17.0. The van der Waals surface area contributed by atoms with E-state index in [1.807, 2.05) is 0 Å². The van der Waals surface area contributed by atoms with Crippen molar-refractivity contribution in [2.24, 2.45) is 0 Å². The number of aliphatic hydroxyl groups is 1. The summed E-state index contributed by atoms with van der Waals surface area (Å²) in [4.78, 5) is 13.7. The largest absolute Gasteiger partial charge is 0.515 e. The number of carbonyl (C=O) groups excluding carboxylic acids is 1. The molecule has 1 N–H and O–H groups in total. The first-order valence-electron chi connectivity index (χ1n) is 7.39. The number of halogens is 3. The number of carbonyl (C=O) groups is 1. The summed E-state index contributed by atoms with van der Waals surface area (Å²) in [6, 6.07) is 0. The molecule has 0 heterocycles. The molecule has 137 valence electrons. The smallest absolute Gasteiger partial charge is 0.438 e. The van der Waals surface area contributed by atoms with Gasteiger partial charge in [-0.15, -0.1) is 0 Å². The zero-order valence-electron chi connectivity index (χ0n) is 13.0. The van der Waals surface area contributed by atoms with E-state index in [2.05, 4.69) is 16.5 Å². The molecule has 23 heavy (non-hydrogen) atoms. The number of ether oxygens (including phenoxy) is 1. The van der Waals surface area contributed by atoms with Crippen LogP contribution in [0.5, 0.6) is 0 Å². The van der Waals surface area contributed by atoms with Gasteiger partial charge in [-0.25, -0.2) is 4.85 Å². The van der Waals surface area contributed by atoms with Crippen LogP contribution in [0, 0.1) is 6.57 Å². The molecular weight excluding hydrogens is 363 g/mol. The Balaban J connectivity index is 0. The maximum Gasteiger partial charge on any atom is 0.438 e. The molecule has 0 aliphatic rings. The van der Waals surface area contributed by atoms with Gasteiger partial charge in [0.25, 0.3) is 0 Å². The fourth-order valence-corrected chi connectivity index (χ4v) is 1.80. The van der Waals surface area contributed by atoms with Gasteiger partial charge in [-0.1, -0.05) is 51.9 Å². The van der Waals surface area contributed by atoms with Crippen LogP contribution in [0.15, 0.2) is 11.5 Å². The Hall–Kier alpha value is -1.19. The van der Waals surface area contributed by atoms with E-state index in [0.29, 0.717) is 6.42 Å². The van der Waals surface area contributed by atoms with Crippen LogP contribution in [-0.4, -0.2) is 23.9 Å². The van der Waals surface area contributed by atoms with Crippen LogP contribution in [0.3, 0.4) is 0 Å². The third-order valence-electron chi connectivity index (χ3n) is 3.03. The number of unbranched alkanes of at least 4 members (excludes halogenated alkanes) is 7. The number of esters is 1. The summed E-state index contributed by atoms with van der Waals surface area (Å²) in [5.41, 5.74) is -1.42. The molecule has 0 fully saturated rings. The van der Waals surface area contributed by atoms with Crippen molar-refractivity contribution in [3.8, 4) is 0 Å². The Morgan fingerprint density at radius 1 is 1.09 bits per heavy atom. The van der Waals surface area contributed by atoms with E-state index < -0.39 is 23.6 Å². The van der Waals surface area contributed by atoms with Crippen LogP contribution in [-0.2, 0) is 26.6 Å². The van der Waals surface area contributed by atoms with Crippen molar-refractivity contribution in [1.29, 1.82) is 0 Å². The molecule has 0 atom stereocenters. The van der Waals surface area contributed by atoms with Crippen molar-refractivity contribution in [3.05, 3.63) is 22.9 Å². The molecule has 0 saturated carbocycles. The molecular formula is C15H22CuF3NO3. The maximum atomic E-state index is 12.2. The number of aliphatic hydroxyl groups excluding tert-OH is 1. The van der Waals surface area contributed by atoms with Gasteiger partial charge in [0.05, 0.1) is 13.2 Å². The molecule has 0 aromatic carbocycles. The summed E-state index contributed by atoms with van der Waals surface area (Å²) in [5, 5.41) is 8.80. The molecule has 0 unspecified atom stereocenters. The monoisotopic (exact) mass is 384 g/mol. The summed E-state index contributed by atoms with van der Waals surface area (Å²) < 4.78 is 41.2. The number of hydrogen-bond donors (Lipinski definition) is 1. The first-order valence-corrected chi connectivity index (χ1v) is 7.39. The molecule has 0 aromatic heterocycles. The van der Waals surface area contributed by atoms with E-state index in [0.717, 1.165) is 25.7 Å². The van der Waals surface area contributed by atoms with Crippen molar-refractivity contribution in [1.82, 2.24) is 0 Å². The molecule has 4 nitrogen and oxygen atoms in total. The first kappa shape index (κ1) is 24.1. The first-order chi connectivity index (χ1) is 10.3. The summed E-state index contributed by atoms with van der Waals surface area (Å²) in [5.74, 6) is -3.64. The average molecular weight is 385 g/mol. The Bertz CT molecular complexity index is 417. The van der Waals surface area contributed by atoms with E-state index in [-0.39, 0.29) is 23.7 Å². The molecule has 0 aliphatic heterocycles. The molecule has 0 amide bonds. The minimum Gasteiger partial charge on any atom is -0.515 e. The normalized spacial score (nSPS) is 12.0. The molecule has 0 bridgehead atoms. The van der Waals surface area contributed by atoms with Crippen LogP contribution in [0.1, 0.15) is 58.3 Å². The molecule has 0 rings (SSSR count). The number of nitrogens with zero attached hydrogens (tertiary/aromatic N) is 1. The third-order valence-corrected chi connectivity index (χ3v) is 3.03. The van der Waals surface area contributed by atoms with Gasteiger partial charge in [0.15, 0.2) is 0 Å². The van der Waals surface area contributed by atoms with E-state index in [9.17, 15) is 18.0 Å². The van der Waals surface area contributed by atoms with E-state index in [4.69, 9.17) is 11.7 Å². The van der Waals surface area contributed by atoms with Crippen LogP contribution >= 0.6 is 0 Å². The number of allylic oxidation sites excluding steroid dienone is 1. The van der Waals surface area contributed by atoms with Gasteiger partial charge in [-0.3, -0.25) is 4.79 Å². The van der Waals surface area contributed by atoms with Gasteiger partial charge in [-0.05, 0) is 6.42 Å². The topological polar surface area (TPSA) is 50.9 Å². The number of rotatable bonds is 10. The fourth-order valence-electron chi connectivity index (χ4n) is 1.80. The molecule has 0 saturated heterocycles. The minimum atomic E-state index is -5.13. The third kappa shape index (κ3) is 11.1. The standard InChI is InChI=1S/C15H22F3NO3.Cu/c1-3-4-5-6-7-8-9-10-11-22-14(21)12(19-2)13(20)15(16,17)18;/h20H,3-11H2,1H3;/b13-12+;. The molecule has 8 heteroatoms. The summed E-state index contributed by atoms with van der Waals surface area (Å²) in [6.45, 7) is 8.61. The van der Waals surface area contributed by atoms with Crippen LogP contribution < -0.4 is 0 Å². The second-order valence-electron chi connectivity index (χ2n) is 4.92. The van der Waals surface area contributed by atoms with E-state index in [1.165, 1.54) is 19.3 Å². The SMILES string of the molecule is [C-]#[N+]/C(C(=O)OCCCCCCCCCC)=C(/O)C(F)(F)F.[Cu]. The van der Waals surface area contributed by atoms with Crippen LogP contribution in [0.2, 0.25) is 0 Å². The van der Waals surface area contributed by atoms with Crippen molar-refractivity contribution in [2.75, 3.05) is 6.61 Å². The molecule has 0 spiro atoms. The zero-order valence-corrected chi connectivity index (χ0v) is 14.0. The van der Waals surface area contributed by atoms with E-state index >= 15 is 0 Å². The predicted octanol–water partition coefficient (Wildman–Crippen LogP) is 4.92. The van der Waals surface area contributed by atoms with Crippen LogP contribution in [0.25, 0.3) is 4.85 Å². The Morgan fingerprint density at radius 2 is 1.57 bits per heavy atom. The van der Waals surface area contributed by atoms with Gasteiger partial charge in [0.2, 0.25) is 5.76 Å². The van der Waals surface area contributed by atoms with Crippen molar-refractivity contribution in [2.45, 2.75) is 64.5 Å². The van der Waals surface area contributed by atoms with Crippen molar-refractivity contribution in [3.63, 3.8) is 0 Å². The van der Waals surface area contributed by atoms with Gasteiger partial charge >= 0.3 is 17.8 Å². The second-order valence-corrected chi connectivity index (χ2v) is 4.92. The predicted molar refractivity (Wildman–Crippen MR) is 75.9 cm³/mol. The maximum absolute atomic E-state index is 12.2. The minimum absolute atomic E-state index is 0. The average Bonchev–Trinajstić information content (AvgIpc) is 2.45.